The van der Waals surface area contributed by atoms with Gasteiger partial charge in [-0.1, -0.05) is 65.7 Å². The Bertz CT molecular complexity index is 1340. The van der Waals surface area contributed by atoms with Crippen molar-refractivity contribution in [1.29, 1.82) is 5.26 Å². The van der Waals surface area contributed by atoms with Gasteiger partial charge < -0.3 is 5.11 Å². The number of hydrogen-bond acceptors (Lipinski definition) is 3. The van der Waals surface area contributed by atoms with Crippen LogP contribution in [-0.4, -0.2) is 28.1 Å². The number of likely N-dealkylation sites (tertiary alicyclic amines) is 1. The van der Waals surface area contributed by atoms with Crippen LogP contribution in [0.3, 0.4) is 0 Å². The molecule has 1 N–H and O–H groups in total. The van der Waals surface area contributed by atoms with Gasteiger partial charge >= 0.3 is 5.97 Å². The fraction of sp³-hybridized carbons (Fsp3) is 0.259. The van der Waals surface area contributed by atoms with Crippen molar-refractivity contribution in [1.82, 2.24) is 4.90 Å². The predicted molar refractivity (Wildman–Crippen MR) is 130 cm³/mol. The molecule has 0 bridgehead atoms. The van der Waals surface area contributed by atoms with Gasteiger partial charge in [0.15, 0.2) is 0 Å². The summed E-state index contributed by atoms with van der Waals surface area (Å²) in [6, 6.07) is 15.7. The molecule has 180 valence electrons. The molecule has 4 rings (SSSR count). The van der Waals surface area contributed by atoms with E-state index in [2.05, 4.69) is 6.07 Å². The molecular formula is C27H22Cl2F2N2O2. The zero-order chi connectivity index (χ0) is 25.5. The molecule has 4 nitrogen and oxygen atoms in total. The van der Waals surface area contributed by atoms with Crippen LogP contribution in [-0.2, 0) is 16.8 Å². The van der Waals surface area contributed by atoms with Crippen molar-refractivity contribution in [2.75, 3.05) is 0 Å². The highest BCUT2D eigenvalue weighted by molar-refractivity contribution is 6.31. The monoisotopic (exact) mass is 514 g/mol. The summed E-state index contributed by atoms with van der Waals surface area (Å²) in [5.74, 6) is -4.11. The van der Waals surface area contributed by atoms with Gasteiger partial charge in [-0.2, -0.15) is 5.26 Å². The van der Waals surface area contributed by atoms with Gasteiger partial charge in [0.1, 0.15) is 23.1 Å². The summed E-state index contributed by atoms with van der Waals surface area (Å²) in [5, 5.41) is 21.0. The fourth-order valence-electron chi connectivity index (χ4n) is 5.32. The molecule has 1 fully saturated rings. The molecule has 8 heteroatoms. The molecule has 1 aliphatic rings. The first-order chi connectivity index (χ1) is 16.6. The van der Waals surface area contributed by atoms with E-state index in [-0.39, 0.29) is 27.7 Å². The van der Waals surface area contributed by atoms with E-state index in [1.54, 1.807) is 11.8 Å². The van der Waals surface area contributed by atoms with Crippen LogP contribution in [0.4, 0.5) is 8.78 Å². The largest absolute Gasteiger partial charge is 0.480 e. The molecule has 0 spiro atoms. The topological polar surface area (TPSA) is 64.3 Å². The third-order valence-corrected chi connectivity index (χ3v) is 7.59. The number of aryl methyl sites for hydroxylation is 1. The molecule has 4 atom stereocenters. The number of hydrogen-bond donors (Lipinski definition) is 1. The molecule has 0 aromatic heterocycles. The van der Waals surface area contributed by atoms with E-state index < -0.39 is 41.0 Å². The molecule has 3 aromatic carbocycles. The first-order valence-electron chi connectivity index (χ1n) is 11.0. The number of carboxylic acid groups (broad SMARTS) is 1. The Labute approximate surface area is 212 Å². The van der Waals surface area contributed by atoms with E-state index in [0.717, 1.165) is 17.2 Å². The van der Waals surface area contributed by atoms with Gasteiger partial charge in [-0.3, -0.25) is 9.69 Å². The third-order valence-electron chi connectivity index (χ3n) is 7.07. The van der Waals surface area contributed by atoms with E-state index in [1.165, 1.54) is 30.3 Å². The van der Waals surface area contributed by atoms with Crippen molar-refractivity contribution < 1.29 is 18.7 Å². The van der Waals surface area contributed by atoms with Gasteiger partial charge in [-0.05, 0) is 48.7 Å². The quantitative estimate of drug-likeness (QED) is 0.423. The molecule has 35 heavy (non-hydrogen) atoms. The summed E-state index contributed by atoms with van der Waals surface area (Å²) in [6.45, 7) is 3.74. The standard InChI is InChI=1S/C27H22Cl2F2N2O2/c1-15-6-3-4-7-17(15)13-33-16(2)27(14-32,20-11-10-18(28)12-22(20)30)23(25(33)26(34)35)19-8-5-9-21(29)24(19)31/h3-12,16,23,25H,13H2,1-2H3,(H,34,35)/t16?,23-,25+,27+/m0/s1. The molecule has 0 aliphatic carbocycles. The minimum atomic E-state index is -1.76. The lowest BCUT2D eigenvalue weighted by Crippen LogP contribution is -2.42. The van der Waals surface area contributed by atoms with Crippen LogP contribution in [0.5, 0.6) is 0 Å². The van der Waals surface area contributed by atoms with E-state index in [1.807, 2.05) is 31.2 Å². The Balaban J connectivity index is 2.03. The lowest BCUT2D eigenvalue weighted by atomic mass is 9.65. The van der Waals surface area contributed by atoms with Crippen LogP contribution >= 0.6 is 23.2 Å². The fourth-order valence-corrected chi connectivity index (χ4v) is 5.66. The Hall–Kier alpha value is -2.98. The smallest absolute Gasteiger partial charge is 0.321 e. The normalized spacial score (nSPS) is 24.3. The maximum Gasteiger partial charge on any atom is 0.321 e. The SMILES string of the molecule is Cc1ccccc1CN1C(C)[C@](C#N)(c2ccc(Cl)cc2F)[C@@H](c2cccc(Cl)c2F)[C@@H]1C(=O)O. The second-order valence-corrected chi connectivity index (χ2v) is 9.63. The van der Waals surface area contributed by atoms with Gasteiger partial charge in [-0.15, -0.1) is 0 Å². The first-order valence-corrected chi connectivity index (χ1v) is 11.7. The number of nitriles is 1. The zero-order valence-electron chi connectivity index (χ0n) is 19.0. The summed E-state index contributed by atoms with van der Waals surface area (Å²) in [7, 11) is 0. The van der Waals surface area contributed by atoms with Crippen LogP contribution in [0, 0.1) is 29.9 Å². The molecule has 0 radical (unpaired) electrons. The molecule has 0 amide bonds. The summed E-state index contributed by atoms with van der Waals surface area (Å²) >= 11 is 12.0. The molecule has 1 unspecified atom stereocenters. The molecule has 0 saturated carbocycles. The number of nitrogens with zero attached hydrogens (tertiary/aromatic N) is 2. The first kappa shape index (κ1) is 25.1. The maximum absolute atomic E-state index is 15.4. The predicted octanol–water partition coefficient (Wildman–Crippen LogP) is 6.48. The highest BCUT2D eigenvalue weighted by Crippen LogP contribution is 2.54. The Morgan fingerprint density at radius 3 is 2.49 bits per heavy atom. The van der Waals surface area contributed by atoms with Crippen molar-refractivity contribution >= 4 is 29.2 Å². The van der Waals surface area contributed by atoms with Crippen LogP contribution in [0.1, 0.15) is 35.1 Å². The molecule has 3 aromatic rings. The van der Waals surface area contributed by atoms with Gasteiger partial charge in [0.05, 0.1) is 11.1 Å². The van der Waals surface area contributed by atoms with Crippen molar-refractivity contribution in [2.24, 2.45) is 0 Å². The molecule has 1 aliphatic heterocycles. The summed E-state index contributed by atoms with van der Waals surface area (Å²) in [4.78, 5) is 14.4. The second-order valence-electron chi connectivity index (χ2n) is 8.78. The van der Waals surface area contributed by atoms with Gasteiger partial charge in [-0.25, -0.2) is 8.78 Å². The van der Waals surface area contributed by atoms with Crippen LogP contribution in [0.25, 0.3) is 0 Å². The average molecular weight is 515 g/mol. The lowest BCUT2D eigenvalue weighted by Gasteiger charge is -2.34. The Morgan fingerprint density at radius 2 is 1.86 bits per heavy atom. The van der Waals surface area contributed by atoms with E-state index in [9.17, 15) is 15.2 Å². The van der Waals surface area contributed by atoms with Crippen molar-refractivity contribution in [2.45, 2.75) is 43.8 Å². The van der Waals surface area contributed by atoms with Gasteiger partial charge in [0.25, 0.3) is 0 Å². The second kappa shape index (κ2) is 9.58. The number of halogens is 4. The molecular weight excluding hydrogens is 493 g/mol. The van der Waals surface area contributed by atoms with Crippen LogP contribution < -0.4 is 0 Å². The lowest BCUT2D eigenvalue weighted by molar-refractivity contribution is -0.143. The average Bonchev–Trinajstić information content (AvgIpc) is 3.06. The highest BCUT2D eigenvalue weighted by atomic mass is 35.5. The summed E-state index contributed by atoms with van der Waals surface area (Å²) < 4.78 is 30.8. The summed E-state index contributed by atoms with van der Waals surface area (Å²) in [6.07, 6.45) is 0. The number of benzene rings is 3. The maximum atomic E-state index is 15.4. The minimum Gasteiger partial charge on any atom is -0.480 e. The van der Waals surface area contributed by atoms with Crippen molar-refractivity contribution in [3.63, 3.8) is 0 Å². The molecule has 1 saturated heterocycles. The number of rotatable bonds is 5. The third kappa shape index (κ3) is 4.08. The Kier molecular flexibility index (Phi) is 6.88. The molecule has 1 heterocycles. The highest BCUT2D eigenvalue weighted by Gasteiger charge is 2.63. The van der Waals surface area contributed by atoms with Gasteiger partial charge in [0, 0.05) is 29.1 Å². The Morgan fingerprint density at radius 1 is 1.14 bits per heavy atom. The van der Waals surface area contributed by atoms with Gasteiger partial charge in [0.2, 0.25) is 0 Å². The number of carbonyl (C=O) groups is 1. The van der Waals surface area contributed by atoms with E-state index in [4.69, 9.17) is 23.2 Å². The summed E-state index contributed by atoms with van der Waals surface area (Å²) in [5.41, 5.74) is -0.0752. The van der Waals surface area contributed by atoms with E-state index >= 15 is 8.78 Å². The van der Waals surface area contributed by atoms with Crippen LogP contribution in [0.2, 0.25) is 10.0 Å². The zero-order valence-corrected chi connectivity index (χ0v) is 20.5. The van der Waals surface area contributed by atoms with Crippen molar-refractivity contribution in [3.8, 4) is 6.07 Å². The number of aliphatic carboxylic acids is 1. The van der Waals surface area contributed by atoms with E-state index in [0.29, 0.717) is 0 Å². The number of carboxylic acids is 1. The minimum absolute atomic E-state index is 0.0418. The van der Waals surface area contributed by atoms with Crippen molar-refractivity contribution in [3.05, 3.63) is 105 Å². The van der Waals surface area contributed by atoms with Crippen LogP contribution in [0.15, 0.2) is 60.7 Å².